The number of fused-ring (bicyclic) bond motifs is 1. The Hall–Kier alpha value is -2.94. The molecule has 3 heterocycles. The van der Waals surface area contributed by atoms with Crippen LogP contribution in [0, 0.1) is 0 Å². The summed E-state index contributed by atoms with van der Waals surface area (Å²) in [7, 11) is 0. The molecule has 0 radical (unpaired) electrons. The lowest BCUT2D eigenvalue weighted by molar-refractivity contribution is 0.851. The molecule has 3 aromatic heterocycles. The van der Waals surface area contributed by atoms with Gasteiger partial charge >= 0.3 is 0 Å². The van der Waals surface area contributed by atoms with Crippen molar-refractivity contribution >= 4 is 39.7 Å². The van der Waals surface area contributed by atoms with E-state index in [1.165, 1.54) is 27.6 Å². The Kier molecular flexibility index (Phi) is 5.82. The fraction of sp³-hybridized carbons (Fsp3) is 0.130. The lowest BCUT2D eigenvalue weighted by Gasteiger charge is -2.12. The molecular formula is C23H18ClN5OS2. The number of nitrogens with zero attached hydrogens (tertiary/aromatic N) is 5. The molecule has 0 aliphatic rings. The van der Waals surface area contributed by atoms with E-state index in [1.807, 2.05) is 55.6 Å². The van der Waals surface area contributed by atoms with Gasteiger partial charge in [0.1, 0.15) is 5.01 Å². The Morgan fingerprint density at radius 2 is 1.94 bits per heavy atom. The topological polar surface area (TPSA) is 65.1 Å². The number of hydrogen-bond donors (Lipinski definition) is 0. The van der Waals surface area contributed by atoms with Gasteiger partial charge in [-0.2, -0.15) is 9.61 Å². The normalized spacial score (nSPS) is 11.3. The molecule has 0 aliphatic carbocycles. The van der Waals surface area contributed by atoms with E-state index in [9.17, 15) is 4.79 Å². The fourth-order valence-electron chi connectivity index (χ4n) is 3.37. The lowest BCUT2D eigenvalue weighted by Crippen LogP contribution is -2.15. The van der Waals surface area contributed by atoms with Gasteiger partial charge in [0.2, 0.25) is 4.96 Å². The molecule has 5 aromatic rings. The smallest absolute Gasteiger partial charge is 0.275 e. The van der Waals surface area contributed by atoms with Crippen molar-refractivity contribution in [3.8, 4) is 16.9 Å². The highest BCUT2D eigenvalue weighted by molar-refractivity contribution is 7.98. The van der Waals surface area contributed by atoms with Gasteiger partial charge in [-0.15, -0.1) is 0 Å². The Labute approximate surface area is 197 Å². The molecule has 32 heavy (non-hydrogen) atoms. The summed E-state index contributed by atoms with van der Waals surface area (Å²) in [6.45, 7) is 2.01. The first kappa shape index (κ1) is 20.9. The van der Waals surface area contributed by atoms with Gasteiger partial charge in [-0.1, -0.05) is 78.0 Å². The Morgan fingerprint density at radius 1 is 1.09 bits per heavy atom. The minimum absolute atomic E-state index is 0.162. The van der Waals surface area contributed by atoms with Crippen LogP contribution in [-0.2, 0) is 12.2 Å². The first-order valence-corrected chi connectivity index (χ1v) is 12.2. The Balaban J connectivity index is 1.52. The zero-order valence-electron chi connectivity index (χ0n) is 17.1. The second-order valence-corrected chi connectivity index (χ2v) is 9.44. The summed E-state index contributed by atoms with van der Waals surface area (Å²) in [4.78, 5) is 22.4. The zero-order chi connectivity index (χ0) is 22.1. The van der Waals surface area contributed by atoms with E-state index in [-0.39, 0.29) is 5.56 Å². The van der Waals surface area contributed by atoms with Crippen LogP contribution in [0.5, 0.6) is 0 Å². The van der Waals surface area contributed by atoms with Gasteiger partial charge in [-0.05, 0) is 24.6 Å². The summed E-state index contributed by atoms with van der Waals surface area (Å²) in [6, 6.07) is 19.3. The number of rotatable bonds is 6. The largest absolute Gasteiger partial charge is 0.287 e. The van der Waals surface area contributed by atoms with E-state index in [4.69, 9.17) is 11.6 Å². The summed E-state index contributed by atoms with van der Waals surface area (Å²) in [6.07, 6.45) is 2.64. The molecule has 0 atom stereocenters. The van der Waals surface area contributed by atoms with Crippen LogP contribution in [0.1, 0.15) is 17.6 Å². The van der Waals surface area contributed by atoms with Crippen molar-refractivity contribution in [3.05, 3.63) is 92.9 Å². The van der Waals surface area contributed by atoms with Gasteiger partial charge in [0.15, 0.2) is 5.16 Å². The van der Waals surface area contributed by atoms with Gasteiger partial charge < -0.3 is 0 Å². The molecule has 0 spiro atoms. The van der Waals surface area contributed by atoms with E-state index in [1.54, 1.807) is 6.07 Å². The fourth-order valence-corrected chi connectivity index (χ4v) is 5.29. The van der Waals surface area contributed by atoms with Crippen LogP contribution in [0.15, 0.2) is 76.8 Å². The molecule has 6 nitrogen and oxygen atoms in total. The average molecular weight is 480 g/mol. The maximum absolute atomic E-state index is 12.5. The zero-order valence-corrected chi connectivity index (χ0v) is 19.5. The summed E-state index contributed by atoms with van der Waals surface area (Å²) in [5, 5.41) is 6.66. The number of benzene rings is 2. The van der Waals surface area contributed by atoms with Crippen LogP contribution in [0.3, 0.4) is 0 Å². The monoisotopic (exact) mass is 479 g/mol. The third-order valence-electron chi connectivity index (χ3n) is 4.86. The van der Waals surface area contributed by atoms with Gasteiger partial charge in [-0.3, -0.25) is 9.36 Å². The van der Waals surface area contributed by atoms with Crippen molar-refractivity contribution in [2.24, 2.45) is 0 Å². The lowest BCUT2D eigenvalue weighted by atomic mass is 10.1. The molecule has 0 aliphatic heterocycles. The van der Waals surface area contributed by atoms with E-state index in [0.717, 1.165) is 33.5 Å². The SMILES string of the molecule is CCc1nn2c(=O)cc(CSc3ncc(-c4ccccc4)n3-c3cccc(Cl)c3)nc2s1. The maximum Gasteiger partial charge on any atom is 0.275 e. The summed E-state index contributed by atoms with van der Waals surface area (Å²) in [5.41, 5.74) is 3.49. The van der Waals surface area contributed by atoms with Crippen molar-refractivity contribution in [2.75, 3.05) is 0 Å². The maximum atomic E-state index is 12.5. The molecule has 0 amide bonds. The van der Waals surface area contributed by atoms with Gasteiger partial charge in [0.25, 0.3) is 5.56 Å². The van der Waals surface area contributed by atoms with E-state index in [0.29, 0.717) is 21.4 Å². The first-order chi connectivity index (χ1) is 15.6. The third-order valence-corrected chi connectivity index (χ3v) is 7.13. The van der Waals surface area contributed by atoms with Gasteiger partial charge in [0.05, 0.1) is 17.6 Å². The van der Waals surface area contributed by atoms with Crippen molar-refractivity contribution < 1.29 is 0 Å². The second-order valence-electron chi connectivity index (χ2n) is 7.03. The van der Waals surface area contributed by atoms with Crippen molar-refractivity contribution in [2.45, 2.75) is 24.3 Å². The van der Waals surface area contributed by atoms with Crippen molar-refractivity contribution in [1.82, 2.24) is 24.1 Å². The molecule has 0 saturated carbocycles. The molecule has 5 rings (SSSR count). The quantitative estimate of drug-likeness (QED) is 0.300. The van der Waals surface area contributed by atoms with Crippen LogP contribution in [0.2, 0.25) is 5.02 Å². The predicted molar refractivity (Wildman–Crippen MR) is 130 cm³/mol. The number of hydrogen-bond acceptors (Lipinski definition) is 6. The highest BCUT2D eigenvalue weighted by Gasteiger charge is 2.16. The van der Waals surface area contributed by atoms with Crippen LogP contribution in [0.25, 0.3) is 21.9 Å². The Morgan fingerprint density at radius 3 is 2.72 bits per heavy atom. The molecule has 9 heteroatoms. The molecule has 0 bridgehead atoms. The molecule has 0 fully saturated rings. The van der Waals surface area contributed by atoms with Crippen molar-refractivity contribution in [1.29, 1.82) is 0 Å². The number of aromatic nitrogens is 5. The highest BCUT2D eigenvalue weighted by atomic mass is 35.5. The second kappa shape index (κ2) is 8.90. The minimum Gasteiger partial charge on any atom is -0.287 e. The summed E-state index contributed by atoms with van der Waals surface area (Å²) in [5.74, 6) is 0.511. The number of halogens is 1. The molecule has 0 N–H and O–H groups in total. The van der Waals surface area contributed by atoms with Crippen molar-refractivity contribution in [3.63, 3.8) is 0 Å². The summed E-state index contributed by atoms with van der Waals surface area (Å²) >= 11 is 9.25. The molecule has 0 unspecified atom stereocenters. The van der Waals surface area contributed by atoms with Crippen LogP contribution in [0.4, 0.5) is 0 Å². The van der Waals surface area contributed by atoms with E-state index >= 15 is 0 Å². The number of imidazole rings is 1. The summed E-state index contributed by atoms with van der Waals surface area (Å²) < 4.78 is 3.46. The standard InChI is InChI=1S/C23H18ClN5OS2/c1-2-20-27-29-21(30)12-17(26-23(29)32-20)14-31-22-25-13-19(15-7-4-3-5-8-15)28(22)18-10-6-9-16(24)11-18/h3-13H,2,14H2,1H3. The van der Waals surface area contributed by atoms with Crippen LogP contribution >= 0.6 is 34.7 Å². The predicted octanol–water partition coefficient (Wildman–Crippen LogP) is 5.51. The van der Waals surface area contributed by atoms with E-state index < -0.39 is 0 Å². The van der Waals surface area contributed by atoms with Crippen LogP contribution in [-0.4, -0.2) is 24.1 Å². The first-order valence-electron chi connectivity index (χ1n) is 10.0. The number of thioether (sulfide) groups is 1. The number of aryl methyl sites for hydroxylation is 1. The van der Waals surface area contributed by atoms with Gasteiger partial charge in [-0.25, -0.2) is 9.97 Å². The minimum atomic E-state index is -0.162. The third kappa shape index (κ3) is 4.09. The molecule has 160 valence electrons. The Bertz CT molecular complexity index is 1460. The van der Waals surface area contributed by atoms with E-state index in [2.05, 4.69) is 31.8 Å². The highest BCUT2D eigenvalue weighted by Crippen LogP contribution is 2.32. The van der Waals surface area contributed by atoms with Gasteiger partial charge in [0, 0.05) is 28.1 Å². The van der Waals surface area contributed by atoms with Crippen LogP contribution < -0.4 is 5.56 Å². The molecule has 2 aromatic carbocycles. The molecule has 0 saturated heterocycles. The molecular weight excluding hydrogens is 462 g/mol. The average Bonchev–Trinajstić information content (AvgIpc) is 3.43.